The van der Waals surface area contributed by atoms with Gasteiger partial charge < -0.3 is 9.47 Å². The first-order valence-electron chi connectivity index (χ1n) is 8.29. The summed E-state index contributed by atoms with van der Waals surface area (Å²) in [6, 6.07) is 15.9. The number of fused-ring (bicyclic) bond motifs is 7. The van der Waals surface area contributed by atoms with Crippen molar-refractivity contribution < 1.29 is 19.1 Å². The fourth-order valence-corrected chi connectivity index (χ4v) is 4.54. The predicted octanol–water partition coefficient (Wildman–Crippen LogP) is 3.73. The minimum Gasteiger partial charge on any atom is -0.469 e. The van der Waals surface area contributed by atoms with Crippen LogP contribution in [0.2, 0.25) is 0 Å². The highest BCUT2D eigenvalue weighted by Gasteiger charge is 2.79. The van der Waals surface area contributed by atoms with Crippen molar-refractivity contribution in [3.63, 3.8) is 0 Å². The lowest BCUT2D eigenvalue weighted by molar-refractivity contribution is -0.150. The second-order valence-corrected chi connectivity index (χ2v) is 7.09. The molecule has 0 amide bonds. The topological polar surface area (TPSA) is 52.6 Å². The molecule has 0 aromatic heterocycles. The normalized spacial score (nSPS) is 26.7. The molecule has 2 aliphatic rings. The SMILES string of the molecule is COC(=O)[C@@]1(C)C[C@]12C(=O)Oc1c2c2ccccc2c2ccccc12. The molecule has 1 fully saturated rings. The van der Waals surface area contributed by atoms with E-state index in [2.05, 4.69) is 0 Å². The second kappa shape index (κ2) is 4.39. The van der Waals surface area contributed by atoms with E-state index in [-0.39, 0.29) is 11.9 Å². The monoisotopic (exact) mass is 332 g/mol. The van der Waals surface area contributed by atoms with Gasteiger partial charge in [-0.05, 0) is 29.5 Å². The number of rotatable bonds is 1. The van der Waals surface area contributed by atoms with Crippen LogP contribution in [-0.4, -0.2) is 19.0 Å². The molecule has 0 bridgehead atoms. The largest absolute Gasteiger partial charge is 0.469 e. The van der Waals surface area contributed by atoms with Gasteiger partial charge in [-0.2, -0.15) is 0 Å². The van der Waals surface area contributed by atoms with Crippen LogP contribution >= 0.6 is 0 Å². The molecule has 124 valence electrons. The van der Waals surface area contributed by atoms with Crippen molar-refractivity contribution in [1.82, 2.24) is 0 Å². The third-order valence-electron chi connectivity index (χ3n) is 5.93. The Morgan fingerprint density at radius 1 is 1.00 bits per heavy atom. The number of ether oxygens (including phenoxy) is 2. The molecule has 1 heterocycles. The smallest absolute Gasteiger partial charge is 0.323 e. The number of benzene rings is 3. The second-order valence-electron chi connectivity index (χ2n) is 7.09. The van der Waals surface area contributed by atoms with E-state index in [1.165, 1.54) is 7.11 Å². The predicted molar refractivity (Wildman–Crippen MR) is 93.5 cm³/mol. The van der Waals surface area contributed by atoms with Crippen molar-refractivity contribution in [3.05, 3.63) is 54.1 Å². The van der Waals surface area contributed by atoms with E-state index in [9.17, 15) is 9.59 Å². The summed E-state index contributed by atoms with van der Waals surface area (Å²) in [5.74, 6) is -0.127. The molecule has 25 heavy (non-hydrogen) atoms. The molecule has 0 N–H and O–H groups in total. The lowest BCUT2D eigenvalue weighted by atomic mass is 9.83. The van der Waals surface area contributed by atoms with Gasteiger partial charge in [-0.15, -0.1) is 0 Å². The molecule has 3 aromatic carbocycles. The van der Waals surface area contributed by atoms with Crippen molar-refractivity contribution in [1.29, 1.82) is 0 Å². The van der Waals surface area contributed by atoms with Crippen LogP contribution < -0.4 is 4.74 Å². The van der Waals surface area contributed by atoms with Crippen molar-refractivity contribution in [2.45, 2.75) is 18.8 Å². The van der Waals surface area contributed by atoms with Gasteiger partial charge in [0.2, 0.25) is 0 Å². The summed E-state index contributed by atoms with van der Waals surface area (Å²) in [5.41, 5.74) is -0.992. The van der Waals surface area contributed by atoms with Gasteiger partial charge >= 0.3 is 11.9 Å². The average Bonchev–Trinajstić information content (AvgIpc) is 3.18. The summed E-state index contributed by atoms with van der Waals surface area (Å²) in [6.45, 7) is 1.79. The Labute approximate surface area is 144 Å². The highest BCUT2D eigenvalue weighted by atomic mass is 16.5. The molecule has 1 aliphatic heterocycles. The zero-order valence-corrected chi connectivity index (χ0v) is 14.0. The molecular formula is C21H16O4. The van der Waals surface area contributed by atoms with Crippen LogP contribution in [0, 0.1) is 5.41 Å². The Morgan fingerprint density at radius 3 is 2.20 bits per heavy atom. The lowest BCUT2D eigenvalue weighted by Gasteiger charge is -2.16. The zero-order chi connectivity index (χ0) is 17.4. The van der Waals surface area contributed by atoms with E-state index >= 15 is 0 Å². The van der Waals surface area contributed by atoms with Gasteiger partial charge in [0.05, 0.1) is 12.5 Å². The maximum Gasteiger partial charge on any atom is 0.323 e. The summed E-state index contributed by atoms with van der Waals surface area (Å²) in [7, 11) is 1.36. The molecule has 1 aliphatic carbocycles. The van der Waals surface area contributed by atoms with Crippen LogP contribution in [0.25, 0.3) is 21.5 Å². The highest BCUT2D eigenvalue weighted by molar-refractivity contribution is 6.18. The van der Waals surface area contributed by atoms with Crippen molar-refractivity contribution in [2.24, 2.45) is 5.41 Å². The van der Waals surface area contributed by atoms with Crippen molar-refractivity contribution >= 4 is 33.5 Å². The van der Waals surface area contributed by atoms with Crippen LogP contribution in [0.4, 0.5) is 0 Å². The minimum absolute atomic E-state index is 0.350. The number of hydrogen-bond acceptors (Lipinski definition) is 4. The van der Waals surface area contributed by atoms with E-state index in [0.29, 0.717) is 12.2 Å². The molecule has 0 unspecified atom stereocenters. The van der Waals surface area contributed by atoms with Gasteiger partial charge in [-0.1, -0.05) is 48.5 Å². The third kappa shape index (κ3) is 1.48. The maximum absolute atomic E-state index is 12.9. The van der Waals surface area contributed by atoms with Gasteiger partial charge in [0.25, 0.3) is 0 Å². The number of methoxy groups -OCH3 is 1. The first-order chi connectivity index (χ1) is 12.0. The Hall–Kier alpha value is -2.88. The minimum atomic E-state index is -0.945. The van der Waals surface area contributed by atoms with Crippen LogP contribution in [0.15, 0.2) is 48.5 Å². The summed E-state index contributed by atoms with van der Waals surface area (Å²) in [6.07, 6.45) is 0.418. The number of carbonyl (C=O) groups excluding carboxylic acids is 2. The summed E-state index contributed by atoms with van der Waals surface area (Å²) >= 11 is 0. The van der Waals surface area contributed by atoms with Crippen LogP contribution in [-0.2, 0) is 19.7 Å². The van der Waals surface area contributed by atoms with Crippen molar-refractivity contribution in [3.8, 4) is 5.75 Å². The first kappa shape index (κ1) is 14.5. The summed E-state index contributed by atoms with van der Waals surface area (Å²) in [4.78, 5) is 25.3. The van der Waals surface area contributed by atoms with Crippen LogP contribution in [0.1, 0.15) is 18.9 Å². The molecule has 0 saturated heterocycles. The molecule has 4 nitrogen and oxygen atoms in total. The fraction of sp³-hybridized carbons (Fsp3) is 0.238. The van der Waals surface area contributed by atoms with Crippen LogP contribution in [0.3, 0.4) is 0 Å². The van der Waals surface area contributed by atoms with Gasteiger partial charge in [-0.3, -0.25) is 9.59 Å². The Kier molecular flexibility index (Phi) is 2.54. The van der Waals surface area contributed by atoms with E-state index < -0.39 is 10.8 Å². The third-order valence-corrected chi connectivity index (χ3v) is 5.93. The fourth-order valence-electron chi connectivity index (χ4n) is 4.54. The molecule has 0 radical (unpaired) electrons. The molecule has 4 heteroatoms. The van der Waals surface area contributed by atoms with Gasteiger partial charge in [-0.25, -0.2) is 0 Å². The molecule has 1 saturated carbocycles. The summed E-state index contributed by atoms with van der Waals surface area (Å²) in [5, 5.41) is 3.98. The number of carbonyl (C=O) groups is 2. The van der Waals surface area contributed by atoms with Crippen LogP contribution in [0.5, 0.6) is 5.75 Å². The Bertz CT molecular complexity index is 1100. The first-order valence-corrected chi connectivity index (χ1v) is 8.29. The molecule has 3 aromatic rings. The molecule has 1 spiro atoms. The van der Waals surface area contributed by atoms with Crippen molar-refractivity contribution in [2.75, 3.05) is 7.11 Å². The standard InChI is InChI=1S/C21H16O4/c1-20(18(22)24-2)11-21(20)16-14-9-5-3-7-12(14)13-8-4-6-10-15(13)17(16)25-19(21)23/h3-10H,11H2,1-2H3/t20-,21+/m1/s1. The van der Waals surface area contributed by atoms with Gasteiger partial charge in [0, 0.05) is 10.9 Å². The molecule has 2 atom stereocenters. The van der Waals surface area contributed by atoms with E-state index in [0.717, 1.165) is 27.1 Å². The Balaban J connectivity index is 1.93. The van der Waals surface area contributed by atoms with E-state index in [1.807, 2.05) is 48.5 Å². The quantitative estimate of drug-likeness (QED) is 0.387. The summed E-state index contributed by atoms with van der Waals surface area (Å²) < 4.78 is 10.7. The Morgan fingerprint density at radius 2 is 1.56 bits per heavy atom. The molecular weight excluding hydrogens is 316 g/mol. The van der Waals surface area contributed by atoms with E-state index in [1.54, 1.807) is 6.92 Å². The highest BCUT2D eigenvalue weighted by Crippen LogP contribution is 2.71. The van der Waals surface area contributed by atoms with Gasteiger partial charge in [0.1, 0.15) is 11.2 Å². The van der Waals surface area contributed by atoms with E-state index in [4.69, 9.17) is 9.47 Å². The maximum atomic E-state index is 12.9. The number of esters is 2. The zero-order valence-electron chi connectivity index (χ0n) is 14.0. The lowest BCUT2D eigenvalue weighted by Crippen LogP contribution is -2.30. The van der Waals surface area contributed by atoms with Gasteiger partial charge in [0.15, 0.2) is 0 Å². The molecule has 5 rings (SSSR count). The number of hydrogen-bond donors (Lipinski definition) is 0. The average molecular weight is 332 g/mol.